The molecular formula is C17H25NO3S. The molecule has 0 saturated carbocycles. The normalized spacial score (nSPS) is 21.5. The summed E-state index contributed by atoms with van der Waals surface area (Å²) in [4.78, 5) is 12.0. The van der Waals surface area contributed by atoms with Crippen LogP contribution in [-0.2, 0) is 21.1 Å². The van der Waals surface area contributed by atoms with Gasteiger partial charge >= 0.3 is 0 Å². The second kappa shape index (κ2) is 6.82. The molecule has 1 aromatic carbocycles. The summed E-state index contributed by atoms with van der Waals surface area (Å²) >= 11 is 0. The van der Waals surface area contributed by atoms with Gasteiger partial charge in [0.2, 0.25) is 5.91 Å². The highest BCUT2D eigenvalue weighted by atomic mass is 32.2. The predicted molar refractivity (Wildman–Crippen MR) is 88.6 cm³/mol. The number of carbonyl (C=O) groups excluding carboxylic acids is 1. The summed E-state index contributed by atoms with van der Waals surface area (Å²) < 4.78 is 22.8. The van der Waals surface area contributed by atoms with Crippen molar-refractivity contribution in [1.29, 1.82) is 0 Å². The highest BCUT2D eigenvalue weighted by molar-refractivity contribution is 7.91. The molecule has 0 bridgehead atoms. The maximum Gasteiger partial charge on any atom is 0.220 e. The summed E-state index contributed by atoms with van der Waals surface area (Å²) in [6.45, 7) is 6.14. The first-order valence-electron chi connectivity index (χ1n) is 7.81. The number of carbonyl (C=O) groups is 1. The van der Waals surface area contributed by atoms with Crippen molar-refractivity contribution in [3.05, 3.63) is 34.9 Å². The van der Waals surface area contributed by atoms with E-state index in [2.05, 4.69) is 37.4 Å². The Hall–Kier alpha value is -1.36. The zero-order chi connectivity index (χ0) is 16.3. The van der Waals surface area contributed by atoms with E-state index in [9.17, 15) is 13.2 Å². The zero-order valence-corrected chi connectivity index (χ0v) is 14.4. The first-order chi connectivity index (χ1) is 10.2. The van der Waals surface area contributed by atoms with Crippen LogP contribution >= 0.6 is 0 Å². The molecular weight excluding hydrogens is 298 g/mol. The van der Waals surface area contributed by atoms with Crippen molar-refractivity contribution in [1.82, 2.24) is 5.32 Å². The Morgan fingerprint density at radius 3 is 2.68 bits per heavy atom. The van der Waals surface area contributed by atoms with Gasteiger partial charge < -0.3 is 5.32 Å². The Labute approximate surface area is 133 Å². The third-order valence-electron chi connectivity index (χ3n) is 4.23. The van der Waals surface area contributed by atoms with E-state index in [-0.39, 0.29) is 29.4 Å². The average Bonchev–Trinajstić information content (AvgIpc) is 2.71. The summed E-state index contributed by atoms with van der Waals surface area (Å²) in [6.07, 6.45) is 1.72. The molecule has 1 saturated heterocycles. The van der Waals surface area contributed by atoms with Crippen LogP contribution in [0.15, 0.2) is 18.2 Å². The SMILES string of the molecule is Cc1ccc(CC(C)NC(=O)CC2CCS(=O)(=O)C2)c(C)c1. The molecule has 0 radical (unpaired) electrons. The standard InChI is InChI=1S/C17H25NO3S/c1-12-4-5-16(13(2)8-12)9-14(3)18-17(19)10-15-6-7-22(20,21)11-15/h4-5,8,14-15H,6-7,9-11H2,1-3H3,(H,18,19). The lowest BCUT2D eigenvalue weighted by molar-refractivity contribution is -0.122. The number of sulfone groups is 1. The summed E-state index contributed by atoms with van der Waals surface area (Å²) in [7, 11) is -2.91. The number of benzene rings is 1. The molecule has 1 aromatic rings. The maximum absolute atomic E-state index is 12.0. The highest BCUT2D eigenvalue weighted by Crippen LogP contribution is 2.21. The first kappa shape index (κ1) is 17.0. The van der Waals surface area contributed by atoms with Crippen molar-refractivity contribution in [2.24, 2.45) is 5.92 Å². The van der Waals surface area contributed by atoms with Crippen LogP contribution in [-0.4, -0.2) is 31.9 Å². The summed E-state index contributed by atoms with van der Waals surface area (Å²) in [5.74, 6) is 0.326. The number of rotatable bonds is 5. The molecule has 2 unspecified atom stereocenters. The minimum Gasteiger partial charge on any atom is -0.353 e. The minimum atomic E-state index is -2.91. The van der Waals surface area contributed by atoms with Gasteiger partial charge in [0.15, 0.2) is 9.84 Å². The third kappa shape index (κ3) is 4.83. The van der Waals surface area contributed by atoms with Crippen LogP contribution in [0.2, 0.25) is 0 Å². The molecule has 1 aliphatic rings. The Morgan fingerprint density at radius 1 is 1.36 bits per heavy atom. The van der Waals surface area contributed by atoms with Crippen molar-refractivity contribution in [2.75, 3.05) is 11.5 Å². The van der Waals surface area contributed by atoms with Gasteiger partial charge in [0.05, 0.1) is 11.5 Å². The summed E-state index contributed by atoms with van der Waals surface area (Å²) in [5, 5.41) is 2.99. The van der Waals surface area contributed by atoms with Gasteiger partial charge in [-0.25, -0.2) is 8.42 Å². The van der Waals surface area contributed by atoms with Gasteiger partial charge in [-0.1, -0.05) is 23.8 Å². The van der Waals surface area contributed by atoms with Crippen LogP contribution in [0.5, 0.6) is 0 Å². The van der Waals surface area contributed by atoms with Crippen molar-refractivity contribution < 1.29 is 13.2 Å². The molecule has 1 amide bonds. The molecule has 0 spiro atoms. The second-order valence-electron chi connectivity index (χ2n) is 6.58. The summed E-state index contributed by atoms with van der Waals surface area (Å²) in [5.41, 5.74) is 3.71. The molecule has 2 atom stereocenters. The van der Waals surface area contributed by atoms with Crippen LogP contribution in [0.3, 0.4) is 0 Å². The fourth-order valence-corrected chi connectivity index (χ4v) is 4.95. The number of aryl methyl sites for hydroxylation is 2. The molecule has 1 aliphatic heterocycles. The lowest BCUT2D eigenvalue weighted by Crippen LogP contribution is -2.35. The van der Waals surface area contributed by atoms with E-state index in [1.165, 1.54) is 16.7 Å². The van der Waals surface area contributed by atoms with Crippen LogP contribution < -0.4 is 5.32 Å². The molecule has 4 nitrogen and oxygen atoms in total. The fraction of sp³-hybridized carbons (Fsp3) is 0.588. The van der Waals surface area contributed by atoms with Gasteiger partial charge in [-0.05, 0) is 50.7 Å². The molecule has 0 aromatic heterocycles. The van der Waals surface area contributed by atoms with Gasteiger partial charge in [0, 0.05) is 12.5 Å². The lowest BCUT2D eigenvalue weighted by Gasteiger charge is -2.17. The molecule has 1 heterocycles. The average molecular weight is 323 g/mol. The zero-order valence-electron chi connectivity index (χ0n) is 13.6. The summed E-state index contributed by atoms with van der Waals surface area (Å²) in [6, 6.07) is 6.39. The quantitative estimate of drug-likeness (QED) is 0.903. The van der Waals surface area contributed by atoms with Crippen LogP contribution in [0.1, 0.15) is 36.5 Å². The van der Waals surface area contributed by atoms with Crippen LogP contribution in [0.4, 0.5) is 0 Å². The van der Waals surface area contributed by atoms with Crippen LogP contribution in [0, 0.1) is 19.8 Å². The topological polar surface area (TPSA) is 63.2 Å². The molecule has 5 heteroatoms. The van der Waals surface area contributed by atoms with E-state index in [4.69, 9.17) is 0 Å². The largest absolute Gasteiger partial charge is 0.353 e. The lowest BCUT2D eigenvalue weighted by atomic mass is 9.99. The van der Waals surface area contributed by atoms with E-state index in [1.54, 1.807) is 0 Å². The highest BCUT2D eigenvalue weighted by Gasteiger charge is 2.29. The Balaban J connectivity index is 1.84. The molecule has 0 aliphatic carbocycles. The Morgan fingerprint density at radius 2 is 2.09 bits per heavy atom. The maximum atomic E-state index is 12.0. The number of hydrogen-bond acceptors (Lipinski definition) is 3. The molecule has 1 N–H and O–H groups in total. The number of nitrogens with one attached hydrogen (secondary N) is 1. The Bertz CT molecular complexity index is 652. The van der Waals surface area contributed by atoms with E-state index < -0.39 is 9.84 Å². The predicted octanol–water partition coefficient (Wildman–Crippen LogP) is 2.18. The van der Waals surface area contributed by atoms with Crippen molar-refractivity contribution in [3.63, 3.8) is 0 Å². The second-order valence-corrected chi connectivity index (χ2v) is 8.80. The molecule has 22 heavy (non-hydrogen) atoms. The monoisotopic (exact) mass is 323 g/mol. The smallest absolute Gasteiger partial charge is 0.220 e. The van der Waals surface area contributed by atoms with Gasteiger partial charge in [-0.3, -0.25) is 4.79 Å². The number of hydrogen-bond donors (Lipinski definition) is 1. The molecule has 2 rings (SSSR count). The minimum absolute atomic E-state index is 0.0155. The first-order valence-corrected chi connectivity index (χ1v) is 9.63. The van der Waals surface area contributed by atoms with Gasteiger partial charge in [0.25, 0.3) is 0 Å². The molecule has 122 valence electrons. The fourth-order valence-electron chi connectivity index (χ4n) is 3.08. The van der Waals surface area contributed by atoms with Crippen molar-refractivity contribution in [3.8, 4) is 0 Å². The van der Waals surface area contributed by atoms with E-state index >= 15 is 0 Å². The van der Waals surface area contributed by atoms with E-state index in [0.717, 1.165) is 6.42 Å². The van der Waals surface area contributed by atoms with Gasteiger partial charge in [-0.2, -0.15) is 0 Å². The van der Waals surface area contributed by atoms with Crippen molar-refractivity contribution in [2.45, 2.75) is 46.1 Å². The number of amides is 1. The van der Waals surface area contributed by atoms with Gasteiger partial charge in [-0.15, -0.1) is 0 Å². The van der Waals surface area contributed by atoms with E-state index in [1.807, 2.05) is 6.92 Å². The molecule has 1 fully saturated rings. The third-order valence-corrected chi connectivity index (χ3v) is 6.07. The Kier molecular flexibility index (Phi) is 5.27. The van der Waals surface area contributed by atoms with Gasteiger partial charge in [0.1, 0.15) is 0 Å². The van der Waals surface area contributed by atoms with Crippen LogP contribution in [0.25, 0.3) is 0 Å². The van der Waals surface area contributed by atoms with Crippen molar-refractivity contribution >= 4 is 15.7 Å². The van der Waals surface area contributed by atoms with E-state index in [0.29, 0.717) is 12.8 Å².